The lowest BCUT2D eigenvalue weighted by Crippen LogP contribution is -2.06. The van der Waals surface area contributed by atoms with Gasteiger partial charge in [0.05, 0.1) is 0 Å². The van der Waals surface area contributed by atoms with Crippen LogP contribution in [0.5, 0.6) is 0 Å². The zero-order chi connectivity index (χ0) is 6.41. The van der Waals surface area contributed by atoms with Crippen LogP contribution in [-0.4, -0.2) is 23.0 Å². The lowest BCUT2D eigenvalue weighted by molar-refractivity contribution is -0.115. The first-order chi connectivity index (χ1) is 3.81. The summed E-state index contributed by atoms with van der Waals surface area (Å²) in [7, 11) is 0. The van der Waals surface area contributed by atoms with Crippen LogP contribution in [0, 0.1) is 0 Å². The third-order valence-electron chi connectivity index (χ3n) is 1.01. The van der Waals surface area contributed by atoms with Gasteiger partial charge in [-0.25, -0.2) is 0 Å². The molecule has 0 rings (SSSR count). The SMILES string of the molecule is CCCCC(O)C=O.[OH]. The molecule has 1 atom stereocenters. The Balaban J connectivity index is 0. The highest BCUT2D eigenvalue weighted by atomic mass is 16.3. The van der Waals surface area contributed by atoms with Gasteiger partial charge in [-0.15, -0.1) is 0 Å². The summed E-state index contributed by atoms with van der Waals surface area (Å²) >= 11 is 0. The van der Waals surface area contributed by atoms with Gasteiger partial charge in [-0.1, -0.05) is 19.8 Å². The maximum absolute atomic E-state index is 9.76. The highest BCUT2D eigenvalue weighted by molar-refractivity contribution is 5.55. The van der Waals surface area contributed by atoms with Crippen LogP contribution in [0.1, 0.15) is 26.2 Å². The van der Waals surface area contributed by atoms with Crippen molar-refractivity contribution in [2.45, 2.75) is 32.3 Å². The minimum atomic E-state index is -0.727. The number of hydrogen-bond acceptors (Lipinski definition) is 2. The quantitative estimate of drug-likeness (QED) is 0.550. The van der Waals surface area contributed by atoms with Crippen molar-refractivity contribution in [2.75, 3.05) is 0 Å². The van der Waals surface area contributed by atoms with Gasteiger partial charge in [0, 0.05) is 0 Å². The van der Waals surface area contributed by atoms with Crippen LogP contribution in [0.25, 0.3) is 0 Å². The largest absolute Gasteiger partial charge is 0.386 e. The average Bonchev–Trinajstić information content (AvgIpc) is 1.83. The van der Waals surface area contributed by atoms with Gasteiger partial charge >= 0.3 is 0 Å². The van der Waals surface area contributed by atoms with E-state index in [1.165, 1.54) is 0 Å². The van der Waals surface area contributed by atoms with E-state index in [2.05, 4.69) is 0 Å². The molecule has 0 aromatic heterocycles. The summed E-state index contributed by atoms with van der Waals surface area (Å²) in [5.74, 6) is 0. The Bertz CT molecular complexity index is 63.3. The number of aliphatic hydroxyl groups excluding tert-OH is 1. The Morgan fingerprint density at radius 3 is 2.56 bits per heavy atom. The maximum Gasteiger partial charge on any atom is 0.148 e. The summed E-state index contributed by atoms with van der Waals surface area (Å²) < 4.78 is 0. The fourth-order valence-corrected chi connectivity index (χ4v) is 0.481. The second-order valence-corrected chi connectivity index (χ2v) is 1.85. The van der Waals surface area contributed by atoms with Crippen molar-refractivity contribution >= 4 is 6.29 Å². The van der Waals surface area contributed by atoms with E-state index in [-0.39, 0.29) is 5.48 Å². The van der Waals surface area contributed by atoms with Crippen molar-refractivity contribution in [3.63, 3.8) is 0 Å². The summed E-state index contributed by atoms with van der Waals surface area (Å²) in [6, 6.07) is 0. The fourth-order valence-electron chi connectivity index (χ4n) is 0.481. The molecular formula is C6H13O3. The Kier molecular flexibility index (Phi) is 9.61. The van der Waals surface area contributed by atoms with Crippen LogP contribution >= 0.6 is 0 Å². The smallest absolute Gasteiger partial charge is 0.148 e. The molecule has 3 nitrogen and oxygen atoms in total. The highest BCUT2D eigenvalue weighted by Crippen LogP contribution is 1.96. The summed E-state index contributed by atoms with van der Waals surface area (Å²) in [5.41, 5.74) is 0. The van der Waals surface area contributed by atoms with E-state index in [1.54, 1.807) is 0 Å². The van der Waals surface area contributed by atoms with Crippen molar-refractivity contribution in [2.24, 2.45) is 0 Å². The summed E-state index contributed by atoms with van der Waals surface area (Å²) in [6.45, 7) is 2.03. The van der Waals surface area contributed by atoms with E-state index in [9.17, 15) is 4.79 Å². The second kappa shape index (κ2) is 7.59. The number of rotatable bonds is 4. The van der Waals surface area contributed by atoms with E-state index >= 15 is 0 Å². The zero-order valence-electron chi connectivity index (χ0n) is 5.58. The van der Waals surface area contributed by atoms with Crippen LogP contribution in [0.3, 0.4) is 0 Å². The predicted molar refractivity (Wildman–Crippen MR) is 33.5 cm³/mol. The zero-order valence-corrected chi connectivity index (χ0v) is 5.58. The molecule has 0 aromatic carbocycles. The first kappa shape index (κ1) is 11.4. The minimum absolute atomic E-state index is 0. The van der Waals surface area contributed by atoms with Crippen LogP contribution in [0.2, 0.25) is 0 Å². The van der Waals surface area contributed by atoms with Gasteiger partial charge in [0.25, 0.3) is 0 Å². The van der Waals surface area contributed by atoms with E-state index < -0.39 is 6.10 Å². The molecule has 3 heteroatoms. The number of aldehydes is 1. The Morgan fingerprint density at radius 1 is 1.67 bits per heavy atom. The lowest BCUT2D eigenvalue weighted by atomic mass is 10.2. The molecule has 55 valence electrons. The molecule has 0 aliphatic carbocycles. The van der Waals surface area contributed by atoms with Crippen LogP contribution in [0.4, 0.5) is 0 Å². The number of aliphatic hydroxyl groups is 1. The molecule has 0 aliphatic heterocycles. The molecule has 1 unspecified atom stereocenters. The molecule has 9 heavy (non-hydrogen) atoms. The first-order valence-electron chi connectivity index (χ1n) is 2.94. The monoisotopic (exact) mass is 133 g/mol. The highest BCUT2D eigenvalue weighted by Gasteiger charge is 1.97. The third-order valence-corrected chi connectivity index (χ3v) is 1.01. The molecule has 0 aliphatic rings. The molecule has 0 saturated carbocycles. The van der Waals surface area contributed by atoms with Gasteiger partial charge in [0.1, 0.15) is 12.4 Å². The van der Waals surface area contributed by atoms with Gasteiger partial charge < -0.3 is 9.90 Å². The van der Waals surface area contributed by atoms with Crippen LogP contribution in [0.15, 0.2) is 0 Å². The predicted octanol–water partition coefficient (Wildman–Crippen LogP) is 0.560. The van der Waals surface area contributed by atoms with Crippen molar-refractivity contribution in [3.05, 3.63) is 0 Å². The van der Waals surface area contributed by atoms with Gasteiger partial charge in [-0.2, -0.15) is 0 Å². The summed E-state index contributed by atoms with van der Waals surface area (Å²) in [6.07, 6.45) is 2.43. The molecule has 0 bridgehead atoms. The molecule has 0 amide bonds. The van der Waals surface area contributed by atoms with Crippen LogP contribution in [-0.2, 0) is 4.79 Å². The molecule has 0 heterocycles. The summed E-state index contributed by atoms with van der Waals surface area (Å²) in [5, 5.41) is 8.62. The molecular weight excluding hydrogens is 120 g/mol. The molecule has 0 saturated heterocycles. The lowest BCUT2D eigenvalue weighted by Gasteiger charge is -1.97. The molecule has 2 N–H and O–H groups in total. The molecule has 1 radical (unpaired) electrons. The fraction of sp³-hybridized carbons (Fsp3) is 0.833. The number of unbranched alkanes of at least 4 members (excludes halogenated alkanes) is 1. The van der Waals surface area contributed by atoms with Gasteiger partial charge in [-0.05, 0) is 6.42 Å². The van der Waals surface area contributed by atoms with Crippen molar-refractivity contribution in [1.29, 1.82) is 0 Å². The molecule has 0 aromatic rings. The normalized spacial score (nSPS) is 11.8. The number of carbonyl (C=O) groups is 1. The van der Waals surface area contributed by atoms with Gasteiger partial charge in [-0.3, -0.25) is 5.48 Å². The van der Waals surface area contributed by atoms with Crippen LogP contribution < -0.4 is 0 Å². The van der Waals surface area contributed by atoms with E-state index in [4.69, 9.17) is 5.11 Å². The molecule has 0 fully saturated rings. The second-order valence-electron chi connectivity index (χ2n) is 1.85. The number of hydrogen-bond donors (Lipinski definition) is 2. The maximum atomic E-state index is 9.76. The van der Waals surface area contributed by atoms with Crippen molar-refractivity contribution < 1.29 is 15.4 Å². The van der Waals surface area contributed by atoms with E-state index in [1.807, 2.05) is 6.92 Å². The van der Waals surface area contributed by atoms with Crippen molar-refractivity contribution in [1.82, 2.24) is 0 Å². The standard InChI is InChI=1S/C6H12O2.HO/c1-2-3-4-6(8)5-7;/h5-6,8H,2-4H2,1H3;1H. The minimum Gasteiger partial charge on any atom is -0.386 e. The van der Waals surface area contributed by atoms with E-state index in [0.29, 0.717) is 12.7 Å². The van der Waals surface area contributed by atoms with E-state index in [0.717, 1.165) is 12.8 Å². The van der Waals surface area contributed by atoms with Gasteiger partial charge in [0.15, 0.2) is 0 Å². The Morgan fingerprint density at radius 2 is 2.22 bits per heavy atom. The third kappa shape index (κ3) is 7.59. The topological polar surface area (TPSA) is 67.3 Å². The first-order valence-corrected chi connectivity index (χ1v) is 2.94. The van der Waals surface area contributed by atoms with Gasteiger partial charge in [0.2, 0.25) is 0 Å². The number of carbonyl (C=O) groups excluding carboxylic acids is 1. The molecule has 0 spiro atoms. The van der Waals surface area contributed by atoms with Crippen molar-refractivity contribution in [3.8, 4) is 0 Å². The summed E-state index contributed by atoms with van der Waals surface area (Å²) in [4.78, 5) is 9.76. The average molecular weight is 133 g/mol. The Labute approximate surface area is 55.0 Å². The Hall–Kier alpha value is -0.410.